The number of rotatable bonds is 5. The van der Waals surface area contributed by atoms with Crippen molar-refractivity contribution in [1.29, 1.82) is 0 Å². The lowest BCUT2D eigenvalue weighted by molar-refractivity contribution is -0.201. The van der Waals surface area contributed by atoms with Gasteiger partial charge >= 0.3 is 12.3 Å². The van der Waals surface area contributed by atoms with Gasteiger partial charge in [-0.05, 0) is 20.8 Å². The molecule has 3 N–H and O–H groups in total. The number of hydrogen-bond acceptors (Lipinski definition) is 4. The zero-order valence-electron chi connectivity index (χ0n) is 10.6. The van der Waals surface area contributed by atoms with Gasteiger partial charge in [0.15, 0.2) is 6.10 Å². The second kappa shape index (κ2) is 6.79. The standard InChI is InChI=1S/C10H19F3N2O3/c1-9(2,3)18-8(17)15-5-4-14-6-7(16)10(11,12)13/h7,14,16H,4-6H2,1-3H3,(H,15,17)/t7-/m1/s1. The quantitative estimate of drug-likeness (QED) is 0.654. The van der Waals surface area contributed by atoms with E-state index in [0.29, 0.717) is 0 Å². The first-order valence-electron chi connectivity index (χ1n) is 5.45. The van der Waals surface area contributed by atoms with Crippen molar-refractivity contribution in [2.45, 2.75) is 38.7 Å². The molecule has 8 heteroatoms. The summed E-state index contributed by atoms with van der Waals surface area (Å²) >= 11 is 0. The van der Waals surface area contributed by atoms with Gasteiger partial charge in [-0.25, -0.2) is 4.79 Å². The van der Waals surface area contributed by atoms with Crippen LogP contribution in [0.1, 0.15) is 20.8 Å². The molecule has 0 aliphatic rings. The molecule has 0 fully saturated rings. The van der Waals surface area contributed by atoms with Crippen LogP contribution in [0.3, 0.4) is 0 Å². The van der Waals surface area contributed by atoms with Crippen LogP contribution in [0.4, 0.5) is 18.0 Å². The fraction of sp³-hybridized carbons (Fsp3) is 0.900. The van der Waals surface area contributed by atoms with Crippen LogP contribution in [-0.4, -0.2) is 48.7 Å². The van der Waals surface area contributed by atoms with E-state index >= 15 is 0 Å². The molecule has 108 valence electrons. The Labute approximate surface area is 104 Å². The number of aliphatic hydroxyl groups is 1. The van der Waals surface area contributed by atoms with E-state index in [1.807, 2.05) is 0 Å². The monoisotopic (exact) mass is 272 g/mol. The third kappa shape index (κ3) is 9.06. The smallest absolute Gasteiger partial charge is 0.415 e. The topological polar surface area (TPSA) is 70.6 Å². The summed E-state index contributed by atoms with van der Waals surface area (Å²) in [5.74, 6) is 0. The summed E-state index contributed by atoms with van der Waals surface area (Å²) in [7, 11) is 0. The Morgan fingerprint density at radius 3 is 2.28 bits per heavy atom. The summed E-state index contributed by atoms with van der Waals surface area (Å²) in [6.45, 7) is 4.70. The van der Waals surface area contributed by atoms with E-state index < -0.39 is 30.5 Å². The summed E-state index contributed by atoms with van der Waals surface area (Å²) in [5.41, 5.74) is -0.621. The highest BCUT2D eigenvalue weighted by atomic mass is 19.4. The van der Waals surface area contributed by atoms with Crippen molar-refractivity contribution in [2.75, 3.05) is 19.6 Å². The molecule has 0 saturated heterocycles. The third-order valence-electron chi connectivity index (χ3n) is 1.69. The second-order valence-corrected chi connectivity index (χ2v) is 4.69. The van der Waals surface area contributed by atoms with Crippen molar-refractivity contribution in [3.8, 4) is 0 Å². The lowest BCUT2D eigenvalue weighted by Crippen LogP contribution is -2.41. The molecule has 1 amide bonds. The Morgan fingerprint density at radius 2 is 1.83 bits per heavy atom. The molecule has 0 aliphatic heterocycles. The van der Waals surface area contributed by atoms with Crippen molar-refractivity contribution in [2.24, 2.45) is 0 Å². The van der Waals surface area contributed by atoms with Crippen LogP contribution >= 0.6 is 0 Å². The molecule has 0 aromatic rings. The minimum absolute atomic E-state index is 0.104. The average molecular weight is 272 g/mol. The van der Waals surface area contributed by atoms with Crippen molar-refractivity contribution in [3.05, 3.63) is 0 Å². The molecule has 0 rings (SSSR count). The van der Waals surface area contributed by atoms with Gasteiger partial charge in [-0.3, -0.25) is 0 Å². The SMILES string of the molecule is CC(C)(C)OC(=O)NCCNC[C@@H](O)C(F)(F)F. The summed E-state index contributed by atoms with van der Waals surface area (Å²) in [5, 5.41) is 13.4. The Bertz CT molecular complexity index is 264. The number of carbonyl (C=O) groups is 1. The highest BCUT2D eigenvalue weighted by Gasteiger charge is 2.37. The first kappa shape index (κ1) is 17.0. The van der Waals surface area contributed by atoms with E-state index in [1.165, 1.54) is 0 Å². The van der Waals surface area contributed by atoms with Crippen LogP contribution in [0.5, 0.6) is 0 Å². The molecule has 5 nitrogen and oxygen atoms in total. The normalized spacial score (nSPS) is 14.2. The van der Waals surface area contributed by atoms with Gasteiger partial charge in [0.05, 0.1) is 0 Å². The van der Waals surface area contributed by atoms with Crippen molar-refractivity contribution < 1.29 is 27.8 Å². The molecule has 0 bridgehead atoms. The molecule has 0 spiro atoms. The fourth-order valence-electron chi connectivity index (χ4n) is 0.922. The van der Waals surface area contributed by atoms with Crippen LogP contribution in [0, 0.1) is 0 Å². The molecule has 0 aromatic heterocycles. The third-order valence-corrected chi connectivity index (χ3v) is 1.69. The Balaban J connectivity index is 3.61. The van der Waals surface area contributed by atoms with Crippen molar-refractivity contribution in [1.82, 2.24) is 10.6 Å². The van der Waals surface area contributed by atoms with Gasteiger partial charge in [0.2, 0.25) is 0 Å². The van der Waals surface area contributed by atoms with Crippen LogP contribution in [0.15, 0.2) is 0 Å². The van der Waals surface area contributed by atoms with E-state index in [1.54, 1.807) is 20.8 Å². The lowest BCUT2D eigenvalue weighted by Gasteiger charge is -2.20. The van der Waals surface area contributed by atoms with Gasteiger partial charge in [0.1, 0.15) is 5.60 Å². The van der Waals surface area contributed by atoms with Crippen molar-refractivity contribution >= 4 is 6.09 Å². The maximum absolute atomic E-state index is 11.9. The van der Waals surface area contributed by atoms with Gasteiger partial charge in [-0.15, -0.1) is 0 Å². The number of carbonyl (C=O) groups excluding carboxylic acids is 1. The van der Waals surface area contributed by atoms with E-state index in [-0.39, 0.29) is 13.1 Å². The van der Waals surface area contributed by atoms with E-state index in [4.69, 9.17) is 9.84 Å². The minimum Gasteiger partial charge on any atom is -0.444 e. The first-order chi connectivity index (χ1) is 8.02. The molecule has 0 radical (unpaired) electrons. The number of halogens is 3. The first-order valence-corrected chi connectivity index (χ1v) is 5.45. The number of nitrogens with one attached hydrogen (secondary N) is 2. The van der Waals surface area contributed by atoms with E-state index in [9.17, 15) is 18.0 Å². The van der Waals surface area contributed by atoms with Gasteiger partial charge in [0.25, 0.3) is 0 Å². The maximum atomic E-state index is 11.9. The van der Waals surface area contributed by atoms with E-state index in [2.05, 4.69) is 10.6 Å². The highest BCUT2D eigenvalue weighted by Crippen LogP contribution is 2.18. The number of amides is 1. The molecule has 0 aromatic carbocycles. The van der Waals surface area contributed by atoms with Gasteiger partial charge in [-0.1, -0.05) is 0 Å². The summed E-state index contributed by atoms with van der Waals surface area (Å²) in [6, 6.07) is 0. The van der Waals surface area contributed by atoms with Crippen LogP contribution in [0.25, 0.3) is 0 Å². The largest absolute Gasteiger partial charge is 0.444 e. The molecule has 1 atom stereocenters. The van der Waals surface area contributed by atoms with Gasteiger partial charge < -0.3 is 20.5 Å². The zero-order valence-corrected chi connectivity index (χ0v) is 10.6. The van der Waals surface area contributed by atoms with E-state index in [0.717, 1.165) is 0 Å². The fourth-order valence-corrected chi connectivity index (χ4v) is 0.922. The lowest BCUT2D eigenvalue weighted by atomic mass is 10.2. The van der Waals surface area contributed by atoms with Gasteiger partial charge in [0, 0.05) is 19.6 Å². The van der Waals surface area contributed by atoms with Crippen LogP contribution < -0.4 is 10.6 Å². The predicted octanol–water partition coefficient (Wildman–Crippen LogP) is 1.02. The molecule has 0 unspecified atom stereocenters. The average Bonchev–Trinajstić information content (AvgIpc) is 2.12. The molecule has 0 heterocycles. The zero-order chi connectivity index (χ0) is 14.4. The Morgan fingerprint density at radius 1 is 1.28 bits per heavy atom. The number of hydrogen-bond donors (Lipinski definition) is 3. The van der Waals surface area contributed by atoms with Crippen LogP contribution in [0.2, 0.25) is 0 Å². The Hall–Kier alpha value is -1.02. The van der Waals surface area contributed by atoms with Crippen molar-refractivity contribution in [3.63, 3.8) is 0 Å². The summed E-state index contributed by atoms with van der Waals surface area (Å²) in [6.07, 6.45) is -7.68. The van der Waals surface area contributed by atoms with Gasteiger partial charge in [-0.2, -0.15) is 13.2 Å². The Kier molecular flexibility index (Phi) is 6.41. The number of alkyl carbamates (subject to hydrolysis) is 1. The molecular weight excluding hydrogens is 253 g/mol. The number of alkyl halides is 3. The predicted molar refractivity (Wildman–Crippen MR) is 59.2 cm³/mol. The molecule has 18 heavy (non-hydrogen) atoms. The summed E-state index contributed by atoms with van der Waals surface area (Å²) < 4.78 is 40.6. The second-order valence-electron chi connectivity index (χ2n) is 4.69. The number of ether oxygens (including phenoxy) is 1. The number of aliphatic hydroxyl groups excluding tert-OH is 1. The highest BCUT2D eigenvalue weighted by molar-refractivity contribution is 5.67. The van der Waals surface area contributed by atoms with Crippen LogP contribution in [-0.2, 0) is 4.74 Å². The minimum atomic E-state index is -4.63. The molecule has 0 aliphatic carbocycles. The molecule has 0 saturated carbocycles. The molecular formula is C10H19F3N2O3. The summed E-state index contributed by atoms with van der Waals surface area (Å²) in [4.78, 5) is 11.1. The maximum Gasteiger partial charge on any atom is 0.415 e.